The first-order valence-corrected chi connectivity index (χ1v) is 4.31. The number of pyridine rings is 1. The van der Waals surface area contributed by atoms with Gasteiger partial charge in [0.2, 0.25) is 0 Å². The van der Waals surface area contributed by atoms with Crippen LogP contribution in [0.1, 0.15) is 18.9 Å². The number of nitrogens with zero attached hydrogens (tertiary/aromatic N) is 1. The van der Waals surface area contributed by atoms with Crippen LogP contribution < -0.4 is 0 Å². The van der Waals surface area contributed by atoms with Gasteiger partial charge in [-0.25, -0.2) is 0 Å². The molecule has 1 rings (SSSR count). The highest BCUT2D eigenvalue weighted by Crippen LogP contribution is 2.00. The number of esters is 1. The summed E-state index contributed by atoms with van der Waals surface area (Å²) in [7, 11) is 0. The van der Waals surface area contributed by atoms with Crippen molar-refractivity contribution in [3.63, 3.8) is 0 Å². The Kier molecular flexibility index (Phi) is 3.96. The summed E-state index contributed by atoms with van der Waals surface area (Å²) in [6, 6.07) is 3.93. The van der Waals surface area contributed by atoms with Gasteiger partial charge in [0.05, 0.1) is 6.61 Å². The van der Waals surface area contributed by atoms with E-state index in [1.165, 1.54) is 12.5 Å². The minimum Gasteiger partial charge on any atom is -0.466 e. The van der Waals surface area contributed by atoms with Crippen LogP contribution in [0.2, 0.25) is 0 Å². The molecule has 1 aromatic rings. The van der Waals surface area contributed by atoms with Crippen molar-refractivity contribution in [1.82, 2.24) is 4.98 Å². The maximum atomic E-state index is 10.4. The molecule has 1 heterocycles. The number of rotatable bonds is 4. The van der Waals surface area contributed by atoms with Gasteiger partial charge in [0.1, 0.15) is 0 Å². The lowest BCUT2D eigenvalue weighted by atomic mass is 10.1. The molecule has 0 aliphatic carbocycles. The Hall–Kier alpha value is -1.38. The molecule has 0 atom stereocenters. The molecule has 0 bridgehead atoms. The summed E-state index contributed by atoms with van der Waals surface area (Å²) in [5.41, 5.74) is 1.22. The van der Waals surface area contributed by atoms with Crippen molar-refractivity contribution in [1.29, 1.82) is 0 Å². The number of ether oxygens (including phenoxy) is 1. The fraction of sp³-hybridized carbons (Fsp3) is 0.400. The van der Waals surface area contributed by atoms with Gasteiger partial charge in [0.25, 0.3) is 0 Å². The number of aryl methyl sites for hydroxylation is 1. The SMILES string of the molecule is CC(=O)OCCCc1ccncc1. The molecule has 70 valence electrons. The molecule has 13 heavy (non-hydrogen) atoms. The fourth-order valence-electron chi connectivity index (χ4n) is 1.04. The number of carbonyl (C=O) groups excluding carboxylic acids is 1. The Morgan fingerprint density at radius 3 is 2.77 bits per heavy atom. The molecule has 0 aromatic carbocycles. The summed E-state index contributed by atoms with van der Waals surface area (Å²) in [6.07, 6.45) is 5.32. The van der Waals surface area contributed by atoms with E-state index >= 15 is 0 Å². The van der Waals surface area contributed by atoms with E-state index in [4.69, 9.17) is 4.74 Å². The van der Waals surface area contributed by atoms with Crippen LogP contribution in [0.15, 0.2) is 24.5 Å². The highest BCUT2D eigenvalue weighted by Gasteiger charge is 1.94. The molecule has 0 aliphatic heterocycles. The molecular weight excluding hydrogens is 166 g/mol. The van der Waals surface area contributed by atoms with Gasteiger partial charge in [0.15, 0.2) is 0 Å². The van der Waals surface area contributed by atoms with Crippen LogP contribution in [0.3, 0.4) is 0 Å². The Bertz CT molecular complexity index is 259. The van der Waals surface area contributed by atoms with Crippen LogP contribution in [-0.4, -0.2) is 17.6 Å². The number of hydrogen-bond donors (Lipinski definition) is 0. The first kappa shape index (κ1) is 9.71. The Labute approximate surface area is 77.8 Å². The van der Waals surface area contributed by atoms with Crippen molar-refractivity contribution in [2.45, 2.75) is 19.8 Å². The van der Waals surface area contributed by atoms with Crippen LogP contribution >= 0.6 is 0 Å². The summed E-state index contributed by atoms with van der Waals surface area (Å²) in [5, 5.41) is 0. The second-order valence-corrected chi connectivity index (χ2v) is 2.80. The van der Waals surface area contributed by atoms with Crippen LogP contribution in [0.25, 0.3) is 0 Å². The molecule has 1 aromatic heterocycles. The van der Waals surface area contributed by atoms with Gasteiger partial charge in [-0.2, -0.15) is 0 Å². The van der Waals surface area contributed by atoms with Crippen molar-refractivity contribution in [3.8, 4) is 0 Å². The van der Waals surface area contributed by atoms with Crippen LogP contribution in [-0.2, 0) is 16.0 Å². The normalized spacial score (nSPS) is 9.62. The van der Waals surface area contributed by atoms with E-state index in [2.05, 4.69) is 4.98 Å². The largest absolute Gasteiger partial charge is 0.466 e. The van der Waals surface area contributed by atoms with E-state index in [1.54, 1.807) is 12.4 Å². The van der Waals surface area contributed by atoms with Crippen molar-refractivity contribution in [2.75, 3.05) is 6.61 Å². The maximum Gasteiger partial charge on any atom is 0.302 e. The summed E-state index contributed by atoms with van der Waals surface area (Å²) in [4.78, 5) is 14.3. The molecule has 0 saturated heterocycles. The molecule has 0 spiro atoms. The molecule has 0 N–H and O–H groups in total. The van der Waals surface area contributed by atoms with Crippen molar-refractivity contribution in [3.05, 3.63) is 30.1 Å². The monoisotopic (exact) mass is 179 g/mol. The smallest absolute Gasteiger partial charge is 0.302 e. The average Bonchev–Trinajstić information content (AvgIpc) is 2.14. The lowest BCUT2D eigenvalue weighted by molar-refractivity contribution is -0.141. The van der Waals surface area contributed by atoms with Gasteiger partial charge < -0.3 is 4.74 Å². The first-order chi connectivity index (χ1) is 6.29. The van der Waals surface area contributed by atoms with Crippen LogP contribution in [0.5, 0.6) is 0 Å². The maximum absolute atomic E-state index is 10.4. The molecule has 3 heteroatoms. The standard InChI is InChI=1S/C10H13NO2/c1-9(12)13-8-2-3-10-4-6-11-7-5-10/h4-7H,2-3,8H2,1H3. The van der Waals surface area contributed by atoms with Crippen LogP contribution in [0, 0.1) is 0 Å². The fourth-order valence-corrected chi connectivity index (χ4v) is 1.04. The molecule has 0 unspecified atom stereocenters. The van der Waals surface area contributed by atoms with Crippen molar-refractivity contribution >= 4 is 5.97 Å². The second-order valence-electron chi connectivity index (χ2n) is 2.80. The minimum absolute atomic E-state index is 0.213. The summed E-state index contributed by atoms with van der Waals surface area (Å²) >= 11 is 0. The predicted molar refractivity (Wildman–Crippen MR) is 49.2 cm³/mol. The third-order valence-corrected chi connectivity index (χ3v) is 1.66. The Morgan fingerprint density at radius 2 is 2.15 bits per heavy atom. The molecule has 0 saturated carbocycles. The first-order valence-electron chi connectivity index (χ1n) is 4.31. The van der Waals surface area contributed by atoms with E-state index < -0.39 is 0 Å². The number of hydrogen-bond acceptors (Lipinski definition) is 3. The van der Waals surface area contributed by atoms with Gasteiger partial charge in [-0.15, -0.1) is 0 Å². The molecule has 3 nitrogen and oxygen atoms in total. The third-order valence-electron chi connectivity index (χ3n) is 1.66. The van der Waals surface area contributed by atoms with Gasteiger partial charge in [-0.1, -0.05) is 0 Å². The zero-order valence-electron chi connectivity index (χ0n) is 7.69. The quantitative estimate of drug-likeness (QED) is 0.520. The van der Waals surface area contributed by atoms with Gasteiger partial charge in [0, 0.05) is 19.3 Å². The van der Waals surface area contributed by atoms with Gasteiger partial charge in [-0.3, -0.25) is 9.78 Å². The highest BCUT2D eigenvalue weighted by molar-refractivity contribution is 5.65. The van der Waals surface area contributed by atoms with Gasteiger partial charge >= 0.3 is 5.97 Å². The van der Waals surface area contributed by atoms with E-state index in [0.29, 0.717) is 6.61 Å². The summed E-state index contributed by atoms with van der Waals surface area (Å²) in [5.74, 6) is -0.213. The molecule has 0 radical (unpaired) electrons. The highest BCUT2D eigenvalue weighted by atomic mass is 16.5. The average molecular weight is 179 g/mol. The van der Waals surface area contributed by atoms with Crippen LogP contribution in [0.4, 0.5) is 0 Å². The number of aromatic nitrogens is 1. The molecular formula is C10H13NO2. The third kappa shape index (κ3) is 4.25. The second kappa shape index (κ2) is 5.30. The minimum atomic E-state index is -0.213. The Balaban J connectivity index is 2.17. The molecule has 0 aliphatic rings. The van der Waals surface area contributed by atoms with E-state index in [0.717, 1.165) is 12.8 Å². The van der Waals surface area contributed by atoms with Crippen molar-refractivity contribution < 1.29 is 9.53 Å². The topological polar surface area (TPSA) is 39.2 Å². The zero-order chi connectivity index (χ0) is 9.52. The van der Waals surface area contributed by atoms with E-state index in [1.807, 2.05) is 12.1 Å². The van der Waals surface area contributed by atoms with E-state index in [9.17, 15) is 4.79 Å². The number of carbonyl (C=O) groups is 1. The summed E-state index contributed by atoms with van der Waals surface area (Å²) in [6.45, 7) is 1.92. The zero-order valence-corrected chi connectivity index (χ0v) is 7.69. The Morgan fingerprint density at radius 1 is 1.46 bits per heavy atom. The molecule has 0 amide bonds. The summed E-state index contributed by atoms with van der Waals surface area (Å²) < 4.78 is 4.81. The lowest BCUT2D eigenvalue weighted by Crippen LogP contribution is -2.01. The van der Waals surface area contributed by atoms with Crippen molar-refractivity contribution in [2.24, 2.45) is 0 Å². The molecule has 0 fully saturated rings. The van der Waals surface area contributed by atoms with Gasteiger partial charge in [-0.05, 0) is 30.5 Å². The predicted octanol–water partition coefficient (Wildman–Crippen LogP) is 1.58. The van der Waals surface area contributed by atoms with E-state index in [-0.39, 0.29) is 5.97 Å². The lowest BCUT2D eigenvalue weighted by Gasteiger charge is -2.01.